The summed E-state index contributed by atoms with van der Waals surface area (Å²) >= 11 is 0. The average Bonchev–Trinajstić information content (AvgIpc) is 2.69. The second-order valence-corrected chi connectivity index (χ2v) is 3.83. The van der Waals surface area contributed by atoms with Gasteiger partial charge in [-0.05, 0) is 50.2 Å². The fourth-order valence-electron chi connectivity index (χ4n) is 0.597. The molecule has 0 unspecified atom stereocenters. The fourth-order valence-corrected chi connectivity index (χ4v) is 0.597. The van der Waals surface area contributed by atoms with Crippen LogP contribution in [0.4, 0.5) is 0 Å². The van der Waals surface area contributed by atoms with Crippen LogP contribution in [-0.2, 0) is 16.8 Å². The second kappa shape index (κ2) is 24.1. The first-order valence-electron chi connectivity index (χ1n) is 6.78. The van der Waals surface area contributed by atoms with E-state index in [1.807, 2.05) is 18.2 Å². The number of hydrogen-bond acceptors (Lipinski definition) is 9. The molecular weight excluding hydrogens is 373 g/mol. The van der Waals surface area contributed by atoms with Gasteiger partial charge in [0.25, 0.3) is 0 Å². The fraction of sp³-hybridized carbons (Fsp3) is 0.333. The quantitative estimate of drug-likeness (QED) is 0.442. The van der Waals surface area contributed by atoms with E-state index in [0.29, 0.717) is 0 Å². The van der Waals surface area contributed by atoms with Crippen molar-refractivity contribution >= 4 is 0 Å². The number of allylic oxidation sites excluding steroid dienone is 4. The van der Waals surface area contributed by atoms with Crippen LogP contribution in [0.3, 0.4) is 0 Å². The second-order valence-electron chi connectivity index (χ2n) is 3.83. The molecule has 0 bridgehead atoms. The molecule has 145 valence electrons. The van der Waals surface area contributed by atoms with Gasteiger partial charge in [0.15, 0.2) is 0 Å². The van der Waals surface area contributed by atoms with Crippen LogP contribution in [0, 0.1) is 27.2 Å². The standard InChI is InChI=1S/C5H5N.2C4H7N2O2.C2H5.Co/c1-2-4-6-5-3-1;2*1-3(5-7)4(2)6-8;1-2;/h1-5H;2*5H,1-2H3;1H2,2H3;/q;3*-1;/b;2*4-3-;;. The van der Waals surface area contributed by atoms with Gasteiger partial charge in [-0.1, -0.05) is 6.07 Å². The van der Waals surface area contributed by atoms with E-state index in [9.17, 15) is 20.2 Å². The molecule has 9 nitrogen and oxygen atoms in total. The minimum atomic E-state index is 0. The first-order chi connectivity index (χ1) is 11.4. The Labute approximate surface area is 158 Å². The van der Waals surface area contributed by atoms with E-state index in [2.05, 4.69) is 22.3 Å². The smallest absolute Gasteiger partial charge is 0.0995 e. The van der Waals surface area contributed by atoms with Gasteiger partial charge >= 0.3 is 0 Å². The molecule has 25 heavy (non-hydrogen) atoms. The molecule has 1 rings (SSSR count). The number of hydrogen-bond donors (Lipinski definition) is 2. The number of rotatable bonds is 4. The van der Waals surface area contributed by atoms with Crippen LogP contribution in [0.2, 0.25) is 0 Å². The molecule has 0 aliphatic carbocycles. The van der Waals surface area contributed by atoms with E-state index < -0.39 is 0 Å². The predicted octanol–water partition coefficient (Wildman–Crippen LogP) is 4.10. The molecule has 1 aromatic heterocycles. The van der Waals surface area contributed by atoms with Crippen LogP contribution in [-0.4, -0.2) is 4.98 Å². The Morgan fingerprint density at radius 3 is 1.24 bits per heavy atom. The maximum absolute atomic E-state index is 9.72. The molecule has 0 fully saturated rings. The summed E-state index contributed by atoms with van der Waals surface area (Å²) in [7, 11) is 0. The third kappa shape index (κ3) is 21.9. The van der Waals surface area contributed by atoms with Gasteiger partial charge in [0.1, 0.15) is 0 Å². The number of nitrogens with zero attached hydrogens (tertiary/aromatic N) is 3. The molecule has 0 aromatic carbocycles. The van der Waals surface area contributed by atoms with Crippen LogP contribution < -0.4 is 11.0 Å². The number of aromatic nitrogens is 1. The first-order valence-corrected chi connectivity index (χ1v) is 6.78. The Bertz CT molecular complexity index is 439. The zero-order valence-corrected chi connectivity index (χ0v) is 15.9. The Morgan fingerprint density at radius 1 is 0.840 bits per heavy atom. The van der Waals surface area contributed by atoms with Crippen LogP contribution in [0.1, 0.15) is 34.6 Å². The number of nitrogens with one attached hydrogen (secondary N) is 2. The number of pyridine rings is 1. The number of nitroso groups, excluding NO2 is 2. The molecule has 0 aliphatic rings. The van der Waals surface area contributed by atoms with Crippen molar-refractivity contribution in [2.75, 3.05) is 0 Å². The SMILES string of the molecule is C/C(N=O)=C(\C)N[O-].C/C(N=O)=C(\C)N[O-].[CH2-]C.[Co].c1ccncc1. The van der Waals surface area contributed by atoms with E-state index in [1.54, 1.807) is 30.3 Å². The number of hydroxylamine groups is 2. The molecule has 0 amide bonds. The Morgan fingerprint density at radius 2 is 1.16 bits per heavy atom. The summed E-state index contributed by atoms with van der Waals surface area (Å²) in [4.78, 5) is 23.0. The molecule has 0 spiro atoms. The van der Waals surface area contributed by atoms with E-state index in [0.717, 1.165) is 0 Å². The van der Waals surface area contributed by atoms with Crippen molar-refractivity contribution in [1.29, 1.82) is 0 Å². The van der Waals surface area contributed by atoms with Crippen molar-refractivity contribution in [3.05, 3.63) is 80.5 Å². The topological polar surface area (TPSA) is 142 Å². The molecule has 1 aromatic rings. The first kappa shape index (κ1) is 30.7. The maximum atomic E-state index is 9.72. The molecule has 1 heterocycles. The van der Waals surface area contributed by atoms with Crippen LogP contribution in [0.25, 0.3) is 0 Å². The predicted molar refractivity (Wildman–Crippen MR) is 96.6 cm³/mol. The van der Waals surface area contributed by atoms with Crippen LogP contribution in [0.5, 0.6) is 0 Å². The van der Waals surface area contributed by atoms with Gasteiger partial charge < -0.3 is 28.3 Å². The summed E-state index contributed by atoms with van der Waals surface area (Å²) in [5, 5.41) is 24.5. The van der Waals surface area contributed by atoms with Crippen LogP contribution >= 0.6 is 0 Å². The average molecular weight is 397 g/mol. The summed E-state index contributed by atoms with van der Waals surface area (Å²) in [6.45, 7) is 10.9. The third-order valence-electron chi connectivity index (χ3n) is 2.23. The van der Waals surface area contributed by atoms with Gasteiger partial charge in [0.05, 0.1) is 11.4 Å². The summed E-state index contributed by atoms with van der Waals surface area (Å²) in [5.41, 5.74) is 4.02. The van der Waals surface area contributed by atoms with Gasteiger partial charge in [-0.3, -0.25) is 4.98 Å². The minimum Gasteiger partial charge on any atom is -0.761 e. The largest absolute Gasteiger partial charge is 0.761 e. The van der Waals surface area contributed by atoms with Crippen molar-refractivity contribution in [3.63, 3.8) is 0 Å². The molecule has 0 saturated heterocycles. The maximum Gasteiger partial charge on any atom is 0.0995 e. The molecular formula is C15H24CoN5O4-3. The summed E-state index contributed by atoms with van der Waals surface area (Å²) in [6.07, 6.45) is 3.50. The summed E-state index contributed by atoms with van der Waals surface area (Å²) in [6, 6.07) is 5.72. The van der Waals surface area contributed by atoms with Crippen molar-refractivity contribution in [2.24, 2.45) is 10.4 Å². The Kier molecular flexibility index (Phi) is 29.6. The Hall–Kier alpha value is -2.14. The monoisotopic (exact) mass is 397 g/mol. The van der Waals surface area contributed by atoms with Crippen LogP contribution in [0.15, 0.2) is 63.7 Å². The van der Waals surface area contributed by atoms with Gasteiger partial charge in [0.2, 0.25) is 0 Å². The third-order valence-corrected chi connectivity index (χ3v) is 2.23. The minimum absolute atomic E-state index is 0. The molecule has 0 atom stereocenters. The van der Waals surface area contributed by atoms with E-state index in [1.165, 1.54) is 27.7 Å². The van der Waals surface area contributed by atoms with E-state index >= 15 is 0 Å². The zero-order valence-electron chi connectivity index (χ0n) is 14.9. The normalized spacial score (nSPS) is 10.1. The summed E-state index contributed by atoms with van der Waals surface area (Å²) in [5.74, 6) is 0. The van der Waals surface area contributed by atoms with Crippen molar-refractivity contribution < 1.29 is 16.8 Å². The van der Waals surface area contributed by atoms with E-state index in [-0.39, 0.29) is 39.6 Å². The van der Waals surface area contributed by atoms with Gasteiger partial charge in [-0.15, -0.1) is 9.81 Å². The van der Waals surface area contributed by atoms with Crippen molar-refractivity contribution in [2.45, 2.75) is 34.6 Å². The zero-order chi connectivity index (χ0) is 19.4. The van der Waals surface area contributed by atoms with Crippen molar-refractivity contribution in [3.8, 4) is 0 Å². The van der Waals surface area contributed by atoms with Gasteiger partial charge in [0, 0.05) is 40.6 Å². The molecule has 0 aliphatic heterocycles. The van der Waals surface area contributed by atoms with Crippen molar-refractivity contribution in [1.82, 2.24) is 15.9 Å². The molecule has 0 saturated carbocycles. The molecule has 2 N–H and O–H groups in total. The van der Waals surface area contributed by atoms with Gasteiger partial charge in [-0.2, -0.15) is 6.92 Å². The Balaban J connectivity index is -0.000000124. The van der Waals surface area contributed by atoms with E-state index in [4.69, 9.17) is 0 Å². The summed E-state index contributed by atoms with van der Waals surface area (Å²) < 4.78 is 0. The van der Waals surface area contributed by atoms with Gasteiger partial charge in [-0.25, -0.2) is 0 Å². The molecule has 10 heteroatoms. The molecule has 1 radical (unpaired) electrons.